The Kier molecular flexibility index (Phi) is 6.42. The third-order valence-corrected chi connectivity index (χ3v) is 3.61. The van der Waals surface area contributed by atoms with Gasteiger partial charge >= 0.3 is 0 Å². The van der Waals surface area contributed by atoms with Crippen molar-refractivity contribution in [3.05, 3.63) is 35.4 Å². The van der Waals surface area contributed by atoms with Crippen LogP contribution in [0.1, 0.15) is 31.0 Å². The van der Waals surface area contributed by atoms with Crippen molar-refractivity contribution in [1.29, 1.82) is 0 Å². The first-order valence-corrected chi connectivity index (χ1v) is 7.17. The SMILES string of the molecule is CCN(CC)Cc1ccc(C(C(N)=S)N(C)C)cc1. The van der Waals surface area contributed by atoms with Crippen LogP contribution < -0.4 is 5.73 Å². The summed E-state index contributed by atoms with van der Waals surface area (Å²) in [5, 5.41) is 0. The minimum absolute atomic E-state index is 0.0116. The van der Waals surface area contributed by atoms with E-state index in [-0.39, 0.29) is 6.04 Å². The number of nitrogens with zero attached hydrogens (tertiary/aromatic N) is 2. The van der Waals surface area contributed by atoms with Crippen molar-refractivity contribution in [2.24, 2.45) is 5.73 Å². The Hall–Kier alpha value is -0.970. The van der Waals surface area contributed by atoms with Crippen LogP contribution in [0.5, 0.6) is 0 Å². The number of benzene rings is 1. The van der Waals surface area contributed by atoms with Gasteiger partial charge in [-0.25, -0.2) is 0 Å². The van der Waals surface area contributed by atoms with Crippen molar-refractivity contribution in [3.63, 3.8) is 0 Å². The van der Waals surface area contributed by atoms with Crippen LogP contribution in [0.15, 0.2) is 24.3 Å². The molecular formula is C15H25N3S. The van der Waals surface area contributed by atoms with E-state index in [1.54, 1.807) is 0 Å². The average molecular weight is 279 g/mol. The fraction of sp³-hybridized carbons (Fsp3) is 0.533. The standard InChI is InChI=1S/C15H25N3S/c1-5-18(6-2)11-12-7-9-13(10-8-12)14(15(16)19)17(3)4/h7-10,14H,5-6,11H2,1-4H3,(H2,16,19). The topological polar surface area (TPSA) is 32.5 Å². The largest absolute Gasteiger partial charge is 0.392 e. The molecule has 4 heteroatoms. The predicted octanol–water partition coefficient (Wildman–Crippen LogP) is 2.42. The van der Waals surface area contributed by atoms with E-state index in [2.05, 4.69) is 43.0 Å². The molecule has 1 unspecified atom stereocenters. The molecule has 1 atom stereocenters. The Morgan fingerprint density at radius 3 is 2.05 bits per heavy atom. The molecule has 19 heavy (non-hydrogen) atoms. The molecule has 3 nitrogen and oxygen atoms in total. The van der Waals surface area contributed by atoms with E-state index in [1.807, 2.05) is 19.0 Å². The van der Waals surface area contributed by atoms with Gasteiger partial charge in [0.15, 0.2) is 0 Å². The Labute approximate surface area is 122 Å². The minimum Gasteiger partial charge on any atom is -0.392 e. The Balaban J connectivity index is 2.83. The van der Waals surface area contributed by atoms with Crippen molar-refractivity contribution in [3.8, 4) is 0 Å². The van der Waals surface area contributed by atoms with E-state index in [9.17, 15) is 0 Å². The van der Waals surface area contributed by atoms with E-state index in [0.717, 1.165) is 25.2 Å². The summed E-state index contributed by atoms with van der Waals surface area (Å²) in [5.41, 5.74) is 8.29. The van der Waals surface area contributed by atoms with Gasteiger partial charge in [0.05, 0.1) is 11.0 Å². The van der Waals surface area contributed by atoms with Gasteiger partial charge in [0.2, 0.25) is 0 Å². The molecule has 0 heterocycles. The second kappa shape index (κ2) is 7.58. The van der Waals surface area contributed by atoms with Crippen molar-refractivity contribution in [1.82, 2.24) is 9.80 Å². The van der Waals surface area contributed by atoms with Gasteiger partial charge in [0.1, 0.15) is 0 Å². The second-order valence-electron chi connectivity index (χ2n) is 4.97. The normalized spacial score (nSPS) is 12.9. The Bertz CT molecular complexity index is 396. The van der Waals surface area contributed by atoms with Gasteiger partial charge < -0.3 is 5.73 Å². The summed E-state index contributed by atoms with van der Waals surface area (Å²) in [6, 6.07) is 8.61. The monoisotopic (exact) mass is 279 g/mol. The zero-order chi connectivity index (χ0) is 14.4. The highest BCUT2D eigenvalue weighted by molar-refractivity contribution is 7.80. The van der Waals surface area contributed by atoms with Gasteiger partial charge in [0, 0.05) is 6.54 Å². The molecule has 0 saturated carbocycles. The van der Waals surface area contributed by atoms with Gasteiger partial charge in [-0.05, 0) is 38.3 Å². The lowest BCUT2D eigenvalue weighted by Gasteiger charge is -2.24. The average Bonchev–Trinajstić information content (AvgIpc) is 2.37. The van der Waals surface area contributed by atoms with Crippen LogP contribution in [0.4, 0.5) is 0 Å². The molecular weight excluding hydrogens is 254 g/mol. The molecule has 0 aromatic heterocycles. The van der Waals surface area contributed by atoms with Gasteiger partial charge in [-0.2, -0.15) is 0 Å². The highest BCUT2D eigenvalue weighted by Crippen LogP contribution is 2.19. The highest BCUT2D eigenvalue weighted by Gasteiger charge is 2.16. The number of hydrogen-bond donors (Lipinski definition) is 1. The molecule has 0 bridgehead atoms. The third kappa shape index (κ3) is 4.56. The summed E-state index contributed by atoms with van der Waals surface area (Å²) >= 11 is 5.14. The zero-order valence-electron chi connectivity index (χ0n) is 12.4. The summed E-state index contributed by atoms with van der Waals surface area (Å²) < 4.78 is 0. The van der Waals surface area contributed by atoms with Crippen LogP contribution in [0.25, 0.3) is 0 Å². The molecule has 0 fully saturated rings. The van der Waals surface area contributed by atoms with E-state index in [0.29, 0.717) is 4.99 Å². The molecule has 0 aliphatic carbocycles. The van der Waals surface area contributed by atoms with E-state index in [1.165, 1.54) is 5.56 Å². The summed E-state index contributed by atoms with van der Waals surface area (Å²) in [5.74, 6) is 0. The number of thiocarbonyl (C=S) groups is 1. The van der Waals surface area contributed by atoms with Crippen molar-refractivity contribution >= 4 is 17.2 Å². The molecule has 0 amide bonds. The van der Waals surface area contributed by atoms with Crippen LogP contribution >= 0.6 is 12.2 Å². The Morgan fingerprint density at radius 1 is 1.16 bits per heavy atom. The number of rotatable bonds is 7. The predicted molar refractivity (Wildman–Crippen MR) is 86.3 cm³/mol. The van der Waals surface area contributed by atoms with Crippen molar-refractivity contribution in [2.75, 3.05) is 27.2 Å². The van der Waals surface area contributed by atoms with E-state index in [4.69, 9.17) is 18.0 Å². The maximum absolute atomic E-state index is 5.81. The fourth-order valence-electron chi connectivity index (χ4n) is 2.23. The lowest BCUT2D eigenvalue weighted by molar-refractivity contribution is 0.296. The maximum Gasteiger partial charge on any atom is 0.0948 e. The van der Waals surface area contributed by atoms with Gasteiger partial charge in [-0.1, -0.05) is 50.3 Å². The lowest BCUT2D eigenvalue weighted by Crippen LogP contribution is -2.31. The van der Waals surface area contributed by atoms with E-state index < -0.39 is 0 Å². The molecule has 0 spiro atoms. The van der Waals surface area contributed by atoms with Crippen LogP contribution in [0.3, 0.4) is 0 Å². The first-order valence-electron chi connectivity index (χ1n) is 6.76. The molecule has 0 radical (unpaired) electrons. The first kappa shape index (κ1) is 16.1. The molecule has 0 saturated heterocycles. The lowest BCUT2D eigenvalue weighted by atomic mass is 10.0. The molecule has 0 aliphatic rings. The highest BCUT2D eigenvalue weighted by atomic mass is 32.1. The van der Waals surface area contributed by atoms with Crippen molar-refractivity contribution < 1.29 is 0 Å². The van der Waals surface area contributed by atoms with E-state index >= 15 is 0 Å². The molecule has 0 aliphatic heterocycles. The molecule has 1 aromatic rings. The quantitative estimate of drug-likeness (QED) is 0.777. The summed E-state index contributed by atoms with van der Waals surface area (Å²) in [4.78, 5) is 4.95. The molecule has 1 rings (SSSR count). The van der Waals surface area contributed by atoms with Crippen molar-refractivity contribution in [2.45, 2.75) is 26.4 Å². The maximum atomic E-state index is 5.81. The number of likely N-dealkylation sites (N-methyl/N-ethyl adjacent to an activating group) is 1. The van der Waals surface area contributed by atoms with Crippen LogP contribution in [-0.2, 0) is 6.54 Å². The van der Waals surface area contributed by atoms with Crippen LogP contribution in [-0.4, -0.2) is 42.0 Å². The van der Waals surface area contributed by atoms with Crippen LogP contribution in [0, 0.1) is 0 Å². The summed E-state index contributed by atoms with van der Waals surface area (Å²) in [6.07, 6.45) is 0. The summed E-state index contributed by atoms with van der Waals surface area (Å²) in [7, 11) is 3.99. The zero-order valence-corrected chi connectivity index (χ0v) is 13.2. The minimum atomic E-state index is 0.0116. The van der Waals surface area contributed by atoms with Gasteiger partial charge in [0.25, 0.3) is 0 Å². The molecule has 106 valence electrons. The fourth-order valence-corrected chi connectivity index (χ4v) is 2.57. The Morgan fingerprint density at radius 2 is 1.68 bits per heavy atom. The second-order valence-corrected chi connectivity index (χ2v) is 5.44. The molecule has 1 aromatic carbocycles. The number of hydrogen-bond acceptors (Lipinski definition) is 3. The third-order valence-electron chi connectivity index (χ3n) is 3.38. The van der Waals surface area contributed by atoms with Gasteiger partial charge in [-0.3, -0.25) is 9.80 Å². The smallest absolute Gasteiger partial charge is 0.0948 e. The first-order chi connectivity index (χ1) is 8.99. The summed E-state index contributed by atoms with van der Waals surface area (Å²) in [6.45, 7) is 7.52. The van der Waals surface area contributed by atoms with Gasteiger partial charge in [-0.15, -0.1) is 0 Å². The van der Waals surface area contributed by atoms with Crippen LogP contribution in [0.2, 0.25) is 0 Å². The molecule has 2 N–H and O–H groups in total. The number of nitrogens with two attached hydrogens (primary N) is 1.